The molecule has 0 N–H and O–H groups in total. The highest BCUT2D eigenvalue weighted by atomic mass is 35.5. The Hall–Kier alpha value is -2.99. The number of nitrogens with zero attached hydrogens (tertiary/aromatic N) is 5. The largest absolute Gasteiger partial charge is 0.334 e. The molecule has 0 fully saturated rings. The van der Waals surface area contributed by atoms with E-state index in [2.05, 4.69) is 20.2 Å². The average Bonchev–Trinajstić information content (AvgIpc) is 3.25. The van der Waals surface area contributed by atoms with Crippen molar-refractivity contribution in [3.05, 3.63) is 60.0 Å². The Labute approximate surface area is 142 Å². The van der Waals surface area contributed by atoms with Crippen molar-refractivity contribution in [3.63, 3.8) is 0 Å². The maximum Gasteiger partial charge on any atom is 0.259 e. The fourth-order valence-electron chi connectivity index (χ4n) is 2.37. The highest BCUT2D eigenvalue weighted by Gasteiger charge is 2.15. The van der Waals surface area contributed by atoms with Gasteiger partial charge in [-0.05, 0) is 24.3 Å². The summed E-state index contributed by atoms with van der Waals surface area (Å²) in [4.78, 5) is 8.77. The standard InChI is InChI=1S/C17H12ClN5O/c1-23-10-12(9-20-23)16-21-17(24-22-16)13-8-11(5-6-14(13)18)15-4-2-3-7-19-15/h2-10H,1H3. The lowest BCUT2D eigenvalue weighted by Crippen LogP contribution is -1.86. The molecule has 3 aromatic heterocycles. The molecule has 0 spiro atoms. The van der Waals surface area contributed by atoms with Crippen molar-refractivity contribution < 1.29 is 4.52 Å². The van der Waals surface area contributed by atoms with Crippen LogP contribution in [0.3, 0.4) is 0 Å². The quantitative estimate of drug-likeness (QED) is 0.568. The Kier molecular flexibility index (Phi) is 3.59. The van der Waals surface area contributed by atoms with Crippen LogP contribution in [0, 0.1) is 0 Å². The molecule has 24 heavy (non-hydrogen) atoms. The molecule has 118 valence electrons. The summed E-state index contributed by atoms with van der Waals surface area (Å²) in [5, 5.41) is 8.65. The molecule has 0 radical (unpaired) electrons. The van der Waals surface area contributed by atoms with Gasteiger partial charge in [0.25, 0.3) is 5.89 Å². The number of hydrogen-bond donors (Lipinski definition) is 0. The van der Waals surface area contributed by atoms with Crippen molar-refractivity contribution in [2.75, 3.05) is 0 Å². The third kappa shape index (κ3) is 2.68. The summed E-state index contributed by atoms with van der Waals surface area (Å²) < 4.78 is 7.06. The first kappa shape index (κ1) is 14.6. The van der Waals surface area contributed by atoms with Crippen LogP contribution in [0.15, 0.2) is 59.5 Å². The molecule has 0 aliphatic heterocycles. The molecule has 0 bridgehead atoms. The van der Waals surface area contributed by atoms with Crippen LogP contribution in [0.1, 0.15) is 0 Å². The molecular weight excluding hydrogens is 326 g/mol. The maximum absolute atomic E-state index is 6.31. The Morgan fingerprint density at radius 1 is 1.12 bits per heavy atom. The number of benzene rings is 1. The SMILES string of the molecule is Cn1cc(-c2noc(-c3cc(-c4ccccn4)ccc3Cl)n2)cn1. The second kappa shape index (κ2) is 5.90. The van der Waals surface area contributed by atoms with Gasteiger partial charge in [-0.3, -0.25) is 9.67 Å². The second-order valence-electron chi connectivity index (χ2n) is 5.24. The fraction of sp³-hybridized carbons (Fsp3) is 0.0588. The molecule has 0 unspecified atom stereocenters. The molecule has 1 aromatic carbocycles. The van der Waals surface area contributed by atoms with Gasteiger partial charge < -0.3 is 4.52 Å². The van der Waals surface area contributed by atoms with Crippen molar-refractivity contribution in [1.29, 1.82) is 0 Å². The molecule has 3 heterocycles. The summed E-state index contributed by atoms with van der Waals surface area (Å²) in [6, 6.07) is 11.3. The normalized spacial score (nSPS) is 10.9. The maximum atomic E-state index is 6.31. The average molecular weight is 338 g/mol. The smallest absolute Gasteiger partial charge is 0.259 e. The van der Waals surface area contributed by atoms with Crippen LogP contribution >= 0.6 is 11.6 Å². The second-order valence-corrected chi connectivity index (χ2v) is 5.64. The van der Waals surface area contributed by atoms with E-state index >= 15 is 0 Å². The molecule has 0 saturated carbocycles. The molecule has 0 aliphatic carbocycles. The van der Waals surface area contributed by atoms with E-state index in [1.807, 2.05) is 43.6 Å². The highest BCUT2D eigenvalue weighted by molar-refractivity contribution is 6.33. The lowest BCUT2D eigenvalue weighted by Gasteiger charge is -2.04. The minimum absolute atomic E-state index is 0.358. The van der Waals surface area contributed by atoms with Gasteiger partial charge in [-0.15, -0.1) is 0 Å². The minimum atomic E-state index is 0.358. The van der Waals surface area contributed by atoms with Crippen LogP contribution in [-0.2, 0) is 7.05 Å². The number of halogens is 1. The van der Waals surface area contributed by atoms with Gasteiger partial charge in [0, 0.05) is 25.0 Å². The summed E-state index contributed by atoms with van der Waals surface area (Å²) in [5.74, 6) is 0.828. The van der Waals surface area contributed by atoms with E-state index < -0.39 is 0 Å². The zero-order chi connectivity index (χ0) is 16.5. The number of aromatic nitrogens is 5. The molecular formula is C17H12ClN5O. The van der Waals surface area contributed by atoms with E-state index in [0.29, 0.717) is 22.3 Å². The van der Waals surface area contributed by atoms with Gasteiger partial charge in [0.1, 0.15) is 0 Å². The van der Waals surface area contributed by atoms with Gasteiger partial charge in [0.15, 0.2) is 0 Å². The highest BCUT2D eigenvalue weighted by Crippen LogP contribution is 2.32. The Bertz CT molecular complexity index is 993. The lowest BCUT2D eigenvalue weighted by molar-refractivity contribution is 0.432. The predicted molar refractivity (Wildman–Crippen MR) is 90.2 cm³/mol. The van der Waals surface area contributed by atoms with Gasteiger partial charge >= 0.3 is 0 Å². The molecule has 7 heteroatoms. The number of hydrogen-bond acceptors (Lipinski definition) is 5. The predicted octanol–water partition coefficient (Wildman–Crippen LogP) is 3.85. The topological polar surface area (TPSA) is 69.6 Å². The summed E-state index contributed by atoms with van der Waals surface area (Å²) in [7, 11) is 1.83. The van der Waals surface area contributed by atoms with Crippen LogP contribution < -0.4 is 0 Å². The van der Waals surface area contributed by atoms with Gasteiger partial charge in [0.05, 0.1) is 28.0 Å². The molecule has 0 saturated heterocycles. The van der Waals surface area contributed by atoms with E-state index in [-0.39, 0.29) is 0 Å². The third-order valence-corrected chi connectivity index (χ3v) is 3.88. The minimum Gasteiger partial charge on any atom is -0.334 e. The summed E-state index contributed by atoms with van der Waals surface area (Å²) in [6.45, 7) is 0. The molecule has 0 aliphatic rings. The van der Waals surface area contributed by atoms with Crippen LogP contribution in [-0.4, -0.2) is 24.9 Å². The summed E-state index contributed by atoms with van der Waals surface area (Å²) >= 11 is 6.31. The first-order valence-corrected chi connectivity index (χ1v) is 7.62. The summed E-state index contributed by atoms with van der Waals surface area (Å²) in [6.07, 6.45) is 5.25. The number of pyridine rings is 1. The Balaban J connectivity index is 1.75. The van der Waals surface area contributed by atoms with E-state index in [1.54, 1.807) is 23.1 Å². The fourth-order valence-corrected chi connectivity index (χ4v) is 2.57. The zero-order valence-corrected chi connectivity index (χ0v) is 13.5. The van der Waals surface area contributed by atoms with Gasteiger partial charge in [-0.25, -0.2) is 0 Å². The van der Waals surface area contributed by atoms with Gasteiger partial charge in [0.2, 0.25) is 5.82 Å². The molecule has 0 atom stereocenters. The first-order chi connectivity index (χ1) is 11.7. The van der Waals surface area contributed by atoms with E-state index in [1.165, 1.54) is 0 Å². The zero-order valence-electron chi connectivity index (χ0n) is 12.7. The first-order valence-electron chi connectivity index (χ1n) is 7.25. The van der Waals surface area contributed by atoms with Crippen LogP contribution in [0.25, 0.3) is 34.1 Å². The van der Waals surface area contributed by atoms with Crippen molar-refractivity contribution >= 4 is 11.6 Å². The summed E-state index contributed by atoms with van der Waals surface area (Å²) in [5.41, 5.74) is 3.23. The van der Waals surface area contributed by atoms with Crippen molar-refractivity contribution in [2.24, 2.45) is 7.05 Å². The van der Waals surface area contributed by atoms with Gasteiger partial charge in [-0.2, -0.15) is 10.1 Å². The van der Waals surface area contributed by atoms with Gasteiger partial charge in [-0.1, -0.05) is 28.9 Å². The number of aryl methyl sites for hydroxylation is 1. The third-order valence-electron chi connectivity index (χ3n) is 3.55. The monoisotopic (exact) mass is 337 g/mol. The van der Waals surface area contributed by atoms with E-state index in [0.717, 1.165) is 16.8 Å². The Morgan fingerprint density at radius 2 is 2.04 bits per heavy atom. The molecule has 4 aromatic rings. The lowest BCUT2D eigenvalue weighted by atomic mass is 10.1. The number of rotatable bonds is 3. The van der Waals surface area contributed by atoms with Crippen molar-refractivity contribution in [2.45, 2.75) is 0 Å². The van der Waals surface area contributed by atoms with Crippen molar-refractivity contribution in [1.82, 2.24) is 24.9 Å². The van der Waals surface area contributed by atoms with E-state index in [4.69, 9.17) is 16.1 Å². The van der Waals surface area contributed by atoms with Crippen LogP contribution in [0.4, 0.5) is 0 Å². The van der Waals surface area contributed by atoms with Crippen LogP contribution in [0.5, 0.6) is 0 Å². The molecule has 4 rings (SSSR count). The molecule has 6 nitrogen and oxygen atoms in total. The Morgan fingerprint density at radius 3 is 2.79 bits per heavy atom. The van der Waals surface area contributed by atoms with E-state index in [9.17, 15) is 0 Å². The van der Waals surface area contributed by atoms with Crippen molar-refractivity contribution in [3.8, 4) is 34.1 Å². The van der Waals surface area contributed by atoms with Crippen LogP contribution in [0.2, 0.25) is 5.02 Å². The molecule has 0 amide bonds.